The molecule has 6 heteroatoms. The first-order chi connectivity index (χ1) is 9.56. The molecule has 108 valence electrons. The normalized spacial score (nSPS) is 15.1. The number of carbonyl (C=O) groups is 2. The van der Waals surface area contributed by atoms with Gasteiger partial charge < -0.3 is 15.3 Å². The lowest BCUT2D eigenvalue weighted by molar-refractivity contribution is -0.138. The summed E-state index contributed by atoms with van der Waals surface area (Å²) in [5, 5.41) is 11.7. The molecule has 0 aliphatic heterocycles. The molecule has 1 aliphatic carbocycles. The van der Waals surface area contributed by atoms with Crippen LogP contribution < -0.4 is 5.32 Å². The molecular weight excluding hydrogens is 258 g/mol. The summed E-state index contributed by atoms with van der Waals surface area (Å²) < 4.78 is 0. The summed E-state index contributed by atoms with van der Waals surface area (Å²) in [5.74, 6) is -0.992. The largest absolute Gasteiger partial charge is 0.480 e. The Hall–Kier alpha value is -2.11. The van der Waals surface area contributed by atoms with E-state index in [9.17, 15) is 9.59 Å². The number of carbonyl (C=O) groups excluding carboxylic acids is 1. The second-order valence-electron chi connectivity index (χ2n) is 5.08. The van der Waals surface area contributed by atoms with Crippen LogP contribution in [-0.2, 0) is 4.79 Å². The first kappa shape index (κ1) is 14.3. The maximum atomic E-state index is 12.2. The number of aliphatic carboxylic acids is 1. The number of aromatic nitrogens is 1. The fourth-order valence-corrected chi connectivity index (χ4v) is 2.47. The van der Waals surface area contributed by atoms with Crippen LogP contribution in [0.4, 0.5) is 10.5 Å². The maximum Gasteiger partial charge on any atom is 0.323 e. The lowest BCUT2D eigenvalue weighted by atomic mass is 10.2. The first-order valence-electron chi connectivity index (χ1n) is 6.78. The minimum absolute atomic E-state index is 0.0181. The van der Waals surface area contributed by atoms with Gasteiger partial charge in [0.2, 0.25) is 0 Å². The van der Waals surface area contributed by atoms with E-state index in [1.165, 1.54) is 4.90 Å². The molecule has 1 aromatic heterocycles. The Morgan fingerprint density at radius 2 is 2.10 bits per heavy atom. The number of nitrogens with one attached hydrogen (secondary N) is 1. The van der Waals surface area contributed by atoms with Crippen molar-refractivity contribution in [2.24, 2.45) is 0 Å². The topological polar surface area (TPSA) is 82.5 Å². The molecule has 1 fully saturated rings. The van der Waals surface area contributed by atoms with Crippen molar-refractivity contribution in [1.29, 1.82) is 0 Å². The third kappa shape index (κ3) is 3.69. The lowest BCUT2D eigenvalue weighted by Crippen LogP contribution is -2.44. The molecule has 0 spiro atoms. The number of urea groups is 1. The average molecular weight is 277 g/mol. The van der Waals surface area contributed by atoms with Gasteiger partial charge in [0.05, 0.1) is 11.9 Å². The molecule has 0 bridgehead atoms. The Morgan fingerprint density at radius 1 is 1.40 bits per heavy atom. The van der Waals surface area contributed by atoms with Crippen molar-refractivity contribution in [3.05, 3.63) is 24.0 Å². The molecule has 0 aromatic carbocycles. The van der Waals surface area contributed by atoms with Crippen LogP contribution in [0.15, 0.2) is 18.3 Å². The highest BCUT2D eigenvalue weighted by atomic mass is 16.4. The highest BCUT2D eigenvalue weighted by molar-refractivity contribution is 5.91. The number of amides is 2. The number of carboxylic acids is 1. The van der Waals surface area contributed by atoms with E-state index in [1.54, 1.807) is 18.3 Å². The van der Waals surface area contributed by atoms with Gasteiger partial charge in [0.15, 0.2) is 0 Å². The molecule has 0 atom stereocenters. The summed E-state index contributed by atoms with van der Waals surface area (Å²) in [6.45, 7) is 1.59. The van der Waals surface area contributed by atoms with Crippen LogP contribution >= 0.6 is 0 Å². The monoisotopic (exact) mass is 277 g/mol. The van der Waals surface area contributed by atoms with Crippen LogP contribution in [0.5, 0.6) is 0 Å². The van der Waals surface area contributed by atoms with Gasteiger partial charge in [-0.05, 0) is 31.9 Å². The molecule has 1 saturated carbocycles. The maximum absolute atomic E-state index is 12.2. The molecule has 20 heavy (non-hydrogen) atoms. The van der Waals surface area contributed by atoms with Crippen molar-refractivity contribution >= 4 is 17.7 Å². The second-order valence-corrected chi connectivity index (χ2v) is 5.08. The lowest BCUT2D eigenvalue weighted by Gasteiger charge is -2.27. The van der Waals surface area contributed by atoms with E-state index in [0.717, 1.165) is 31.4 Å². The van der Waals surface area contributed by atoms with Crippen molar-refractivity contribution in [2.75, 3.05) is 11.9 Å². The molecule has 1 aliphatic rings. The van der Waals surface area contributed by atoms with Crippen LogP contribution in [0.25, 0.3) is 0 Å². The molecule has 6 nitrogen and oxygen atoms in total. The number of nitrogens with zero attached hydrogens (tertiary/aromatic N) is 2. The van der Waals surface area contributed by atoms with Crippen LogP contribution in [0, 0.1) is 6.92 Å². The zero-order chi connectivity index (χ0) is 14.5. The Morgan fingerprint density at radius 3 is 2.65 bits per heavy atom. The third-order valence-electron chi connectivity index (χ3n) is 3.49. The quantitative estimate of drug-likeness (QED) is 0.884. The fraction of sp³-hybridized carbons (Fsp3) is 0.500. The van der Waals surface area contributed by atoms with E-state index in [0.29, 0.717) is 5.69 Å². The van der Waals surface area contributed by atoms with E-state index in [4.69, 9.17) is 5.11 Å². The molecule has 1 aromatic rings. The van der Waals surface area contributed by atoms with E-state index >= 15 is 0 Å². The zero-order valence-electron chi connectivity index (χ0n) is 11.5. The molecule has 0 radical (unpaired) electrons. The molecule has 0 saturated heterocycles. The number of aryl methyl sites for hydroxylation is 1. The highest BCUT2D eigenvalue weighted by Gasteiger charge is 2.28. The number of pyridine rings is 1. The Labute approximate surface area is 117 Å². The van der Waals surface area contributed by atoms with Gasteiger partial charge in [-0.15, -0.1) is 0 Å². The summed E-state index contributed by atoms with van der Waals surface area (Å²) in [6.07, 6.45) is 5.39. The van der Waals surface area contributed by atoms with E-state index in [-0.39, 0.29) is 18.6 Å². The molecule has 2 rings (SSSR count). The van der Waals surface area contributed by atoms with Gasteiger partial charge in [0.25, 0.3) is 0 Å². The summed E-state index contributed by atoms with van der Waals surface area (Å²) in [7, 11) is 0. The van der Waals surface area contributed by atoms with Gasteiger partial charge in [-0.25, -0.2) is 4.79 Å². The van der Waals surface area contributed by atoms with Crippen molar-refractivity contribution in [3.8, 4) is 0 Å². The van der Waals surface area contributed by atoms with Gasteiger partial charge in [-0.1, -0.05) is 12.8 Å². The van der Waals surface area contributed by atoms with E-state index in [1.807, 2.05) is 6.92 Å². The standard InChI is InChI=1S/C14H19N3O3/c1-10-6-7-11(8-15-10)16-14(20)17(9-13(18)19)12-4-2-3-5-12/h6-8,12H,2-5,9H2,1H3,(H,16,20)(H,18,19). The first-order valence-corrected chi connectivity index (χ1v) is 6.78. The predicted molar refractivity (Wildman–Crippen MR) is 74.6 cm³/mol. The van der Waals surface area contributed by atoms with Crippen molar-refractivity contribution < 1.29 is 14.7 Å². The third-order valence-corrected chi connectivity index (χ3v) is 3.49. The summed E-state index contributed by atoms with van der Waals surface area (Å²) in [6, 6.07) is 3.20. The Bertz CT molecular complexity index is 481. The van der Waals surface area contributed by atoms with Crippen LogP contribution in [0.3, 0.4) is 0 Å². The fourth-order valence-electron chi connectivity index (χ4n) is 2.47. The zero-order valence-corrected chi connectivity index (χ0v) is 11.5. The SMILES string of the molecule is Cc1ccc(NC(=O)N(CC(=O)O)C2CCCC2)cn1. The van der Waals surface area contributed by atoms with Gasteiger partial charge in [0.1, 0.15) is 6.54 Å². The minimum atomic E-state index is -0.992. The average Bonchev–Trinajstić information content (AvgIpc) is 2.92. The number of hydrogen-bond acceptors (Lipinski definition) is 3. The Balaban J connectivity index is 2.05. The van der Waals surface area contributed by atoms with Gasteiger partial charge in [0, 0.05) is 11.7 Å². The molecule has 2 amide bonds. The van der Waals surface area contributed by atoms with Gasteiger partial charge >= 0.3 is 12.0 Å². The Kier molecular flexibility index (Phi) is 4.55. The van der Waals surface area contributed by atoms with Gasteiger partial charge in [-0.2, -0.15) is 0 Å². The van der Waals surface area contributed by atoms with Crippen molar-refractivity contribution in [3.63, 3.8) is 0 Å². The molecule has 2 N–H and O–H groups in total. The number of carboxylic acid groups (broad SMARTS) is 1. The van der Waals surface area contributed by atoms with Crippen LogP contribution in [0.1, 0.15) is 31.4 Å². The van der Waals surface area contributed by atoms with Gasteiger partial charge in [-0.3, -0.25) is 9.78 Å². The summed E-state index contributed by atoms with van der Waals surface area (Å²) >= 11 is 0. The minimum Gasteiger partial charge on any atom is -0.480 e. The summed E-state index contributed by atoms with van der Waals surface area (Å²) in [4.78, 5) is 28.7. The number of hydrogen-bond donors (Lipinski definition) is 2. The van der Waals surface area contributed by atoms with Crippen LogP contribution in [0.2, 0.25) is 0 Å². The van der Waals surface area contributed by atoms with E-state index in [2.05, 4.69) is 10.3 Å². The molecule has 0 unspecified atom stereocenters. The summed E-state index contributed by atoms with van der Waals surface area (Å²) in [5.41, 5.74) is 1.44. The van der Waals surface area contributed by atoms with Crippen LogP contribution in [-0.4, -0.2) is 39.6 Å². The van der Waals surface area contributed by atoms with Crippen molar-refractivity contribution in [1.82, 2.24) is 9.88 Å². The van der Waals surface area contributed by atoms with Crippen molar-refractivity contribution in [2.45, 2.75) is 38.6 Å². The number of anilines is 1. The van der Waals surface area contributed by atoms with E-state index < -0.39 is 5.97 Å². The smallest absolute Gasteiger partial charge is 0.323 e. The predicted octanol–water partition coefficient (Wildman–Crippen LogP) is 2.25. The highest BCUT2D eigenvalue weighted by Crippen LogP contribution is 2.24. The molecule has 1 heterocycles. The molecular formula is C14H19N3O3. The number of rotatable bonds is 4. The second kappa shape index (κ2) is 6.36.